The maximum atomic E-state index is 11.8. The molecule has 0 saturated heterocycles. The minimum atomic E-state index is -1.34. The lowest BCUT2D eigenvalue weighted by Gasteiger charge is -2.13. The number of nitrogens with one attached hydrogen (secondary N) is 1. The number of benzene rings is 1. The smallest absolute Gasteiger partial charge is 0.328 e. The van der Waals surface area contributed by atoms with Gasteiger partial charge in [0.25, 0.3) is 5.91 Å². The number of ether oxygens (including phenoxy) is 1. The number of hydrogen-bond donors (Lipinski definition) is 3. The van der Waals surface area contributed by atoms with Gasteiger partial charge in [-0.25, -0.2) is 4.79 Å². The number of aliphatic hydroxyl groups is 1. The minimum Gasteiger partial charge on any atom is -0.496 e. The Morgan fingerprint density at radius 2 is 2.17 bits per heavy atom. The first kappa shape index (κ1) is 14.5. The third-order valence-electron chi connectivity index (χ3n) is 2.19. The molecule has 0 aliphatic heterocycles. The molecule has 0 bridgehead atoms. The van der Waals surface area contributed by atoms with Crippen LogP contribution in [0.1, 0.15) is 10.4 Å². The Morgan fingerprint density at radius 1 is 1.50 bits per heavy atom. The number of rotatable bonds is 5. The molecule has 1 aromatic carbocycles. The zero-order valence-electron chi connectivity index (χ0n) is 9.51. The van der Waals surface area contributed by atoms with Gasteiger partial charge in [-0.1, -0.05) is 15.9 Å². The fraction of sp³-hybridized carbons (Fsp3) is 0.273. The fourth-order valence-electron chi connectivity index (χ4n) is 1.27. The van der Waals surface area contributed by atoms with Crippen LogP contribution in [0.4, 0.5) is 0 Å². The van der Waals surface area contributed by atoms with Gasteiger partial charge in [-0.3, -0.25) is 4.79 Å². The van der Waals surface area contributed by atoms with Crippen LogP contribution in [0.25, 0.3) is 0 Å². The second kappa shape index (κ2) is 6.36. The van der Waals surface area contributed by atoms with E-state index in [0.717, 1.165) is 4.47 Å². The van der Waals surface area contributed by atoms with Crippen molar-refractivity contribution in [3.63, 3.8) is 0 Å². The summed E-state index contributed by atoms with van der Waals surface area (Å²) in [5, 5.41) is 19.7. The Hall–Kier alpha value is -1.60. The minimum absolute atomic E-state index is 0.195. The molecular weight excluding hydrogens is 306 g/mol. The normalized spacial score (nSPS) is 11.7. The molecule has 0 saturated carbocycles. The number of halogens is 1. The highest BCUT2D eigenvalue weighted by atomic mass is 79.9. The summed E-state index contributed by atoms with van der Waals surface area (Å²) in [5.74, 6) is -1.62. The number of methoxy groups -OCH3 is 1. The van der Waals surface area contributed by atoms with Crippen molar-refractivity contribution in [2.45, 2.75) is 6.04 Å². The van der Waals surface area contributed by atoms with E-state index in [1.165, 1.54) is 13.2 Å². The maximum absolute atomic E-state index is 11.8. The number of amides is 1. The number of aliphatic carboxylic acids is 1. The van der Waals surface area contributed by atoms with Crippen molar-refractivity contribution in [2.24, 2.45) is 0 Å². The maximum Gasteiger partial charge on any atom is 0.328 e. The van der Waals surface area contributed by atoms with E-state index in [1.807, 2.05) is 0 Å². The second-order valence-electron chi connectivity index (χ2n) is 3.39. The van der Waals surface area contributed by atoms with Gasteiger partial charge in [0.15, 0.2) is 6.04 Å². The molecule has 0 aliphatic rings. The van der Waals surface area contributed by atoms with Gasteiger partial charge >= 0.3 is 5.97 Å². The van der Waals surface area contributed by atoms with Crippen LogP contribution in [0, 0.1) is 0 Å². The topological polar surface area (TPSA) is 95.9 Å². The fourth-order valence-corrected chi connectivity index (χ4v) is 1.61. The van der Waals surface area contributed by atoms with Crippen molar-refractivity contribution in [1.29, 1.82) is 0 Å². The van der Waals surface area contributed by atoms with Crippen molar-refractivity contribution in [3.05, 3.63) is 28.2 Å². The zero-order chi connectivity index (χ0) is 13.7. The highest BCUT2D eigenvalue weighted by Gasteiger charge is 2.21. The summed E-state index contributed by atoms with van der Waals surface area (Å²) in [5.41, 5.74) is 0.195. The van der Waals surface area contributed by atoms with E-state index in [4.69, 9.17) is 14.9 Å². The summed E-state index contributed by atoms with van der Waals surface area (Å²) < 4.78 is 5.75. The molecule has 0 radical (unpaired) electrons. The molecule has 0 aliphatic carbocycles. The van der Waals surface area contributed by atoms with E-state index in [-0.39, 0.29) is 5.56 Å². The summed E-state index contributed by atoms with van der Waals surface area (Å²) in [6.45, 7) is -0.681. The van der Waals surface area contributed by atoms with Gasteiger partial charge in [0.2, 0.25) is 0 Å². The van der Waals surface area contributed by atoms with E-state index in [0.29, 0.717) is 5.75 Å². The summed E-state index contributed by atoms with van der Waals surface area (Å²) in [7, 11) is 1.40. The highest BCUT2D eigenvalue weighted by Crippen LogP contribution is 2.23. The molecule has 98 valence electrons. The average Bonchev–Trinajstić information content (AvgIpc) is 2.34. The van der Waals surface area contributed by atoms with E-state index in [1.54, 1.807) is 12.1 Å². The lowest BCUT2D eigenvalue weighted by molar-refractivity contribution is -0.140. The molecule has 18 heavy (non-hydrogen) atoms. The molecule has 0 spiro atoms. The molecular formula is C11H12BrNO5. The van der Waals surface area contributed by atoms with Crippen LogP contribution in [0.3, 0.4) is 0 Å². The first-order valence-electron chi connectivity index (χ1n) is 4.97. The van der Waals surface area contributed by atoms with Gasteiger partial charge in [-0.05, 0) is 18.2 Å². The second-order valence-corrected chi connectivity index (χ2v) is 4.31. The molecule has 0 fully saturated rings. The lowest BCUT2D eigenvalue weighted by atomic mass is 10.1. The standard InChI is InChI=1S/C11H12BrNO5/c1-18-9-4-6(12)2-3-7(9)10(15)13-8(5-14)11(16)17/h2-4,8,14H,5H2,1H3,(H,13,15)(H,16,17)/t8-/m0/s1. The Morgan fingerprint density at radius 3 is 2.67 bits per heavy atom. The Balaban J connectivity index is 2.93. The van der Waals surface area contributed by atoms with Crippen LogP contribution < -0.4 is 10.1 Å². The van der Waals surface area contributed by atoms with Crippen molar-refractivity contribution in [2.75, 3.05) is 13.7 Å². The SMILES string of the molecule is COc1cc(Br)ccc1C(=O)N[C@@H](CO)C(=O)O. The Labute approximate surface area is 112 Å². The number of carbonyl (C=O) groups excluding carboxylic acids is 1. The molecule has 1 atom stereocenters. The van der Waals surface area contributed by atoms with Crippen molar-refractivity contribution < 1.29 is 24.5 Å². The molecule has 1 rings (SSSR count). The Kier molecular flexibility index (Phi) is 5.11. The van der Waals surface area contributed by atoms with Crippen molar-refractivity contribution in [1.82, 2.24) is 5.32 Å². The Bertz CT molecular complexity index is 463. The molecule has 1 amide bonds. The van der Waals surface area contributed by atoms with Crippen LogP contribution in [0.5, 0.6) is 5.75 Å². The summed E-state index contributed by atoms with van der Waals surface area (Å²) >= 11 is 3.23. The predicted molar refractivity (Wildman–Crippen MR) is 66.7 cm³/mol. The number of hydrogen-bond acceptors (Lipinski definition) is 4. The van der Waals surface area contributed by atoms with E-state index < -0.39 is 24.5 Å². The number of carboxylic acid groups (broad SMARTS) is 1. The molecule has 0 aromatic heterocycles. The van der Waals surface area contributed by atoms with Crippen LogP contribution in [-0.4, -0.2) is 41.8 Å². The third kappa shape index (κ3) is 3.44. The molecule has 1 aromatic rings. The van der Waals surface area contributed by atoms with Crippen molar-refractivity contribution >= 4 is 27.8 Å². The van der Waals surface area contributed by atoms with Gasteiger partial charge in [0.05, 0.1) is 19.3 Å². The average molecular weight is 318 g/mol. The highest BCUT2D eigenvalue weighted by molar-refractivity contribution is 9.10. The van der Waals surface area contributed by atoms with Gasteiger partial charge in [-0.2, -0.15) is 0 Å². The van der Waals surface area contributed by atoms with Gasteiger partial charge < -0.3 is 20.3 Å². The molecule has 6 nitrogen and oxygen atoms in total. The number of aliphatic hydroxyl groups excluding tert-OH is 1. The summed E-state index contributed by atoms with van der Waals surface area (Å²) in [6.07, 6.45) is 0. The van der Waals surface area contributed by atoms with E-state index >= 15 is 0 Å². The monoisotopic (exact) mass is 317 g/mol. The van der Waals surface area contributed by atoms with Crippen molar-refractivity contribution in [3.8, 4) is 5.75 Å². The molecule has 7 heteroatoms. The number of carbonyl (C=O) groups is 2. The molecule has 0 unspecified atom stereocenters. The van der Waals surface area contributed by atoms with Gasteiger partial charge in [-0.15, -0.1) is 0 Å². The molecule has 3 N–H and O–H groups in total. The first-order chi connectivity index (χ1) is 8.49. The van der Waals surface area contributed by atoms with E-state index in [9.17, 15) is 9.59 Å². The van der Waals surface area contributed by atoms with Crippen LogP contribution >= 0.6 is 15.9 Å². The van der Waals surface area contributed by atoms with Gasteiger partial charge in [0, 0.05) is 4.47 Å². The largest absolute Gasteiger partial charge is 0.496 e. The summed E-state index contributed by atoms with van der Waals surface area (Å²) in [6, 6.07) is 3.37. The van der Waals surface area contributed by atoms with Gasteiger partial charge in [0.1, 0.15) is 5.75 Å². The molecule has 0 heterocycles. The van der Waals surface area contributed by atoms with Crippen LogP contribution in [-0.2, 0) is 4.79 Å². The van der Waals surface area contributed by atoms with Crippen LogP contribution in [0.2, 0.25) is 0 Å². The lowest BCUT2D eigenvalue weighted by Crippen LogP contribution is -2.43. The quantitative estimate of drug-likeness (QED) is 0.740. The first-order valence-corrected chi connectivity index (χ1v) is 5.77. The third-order valence-corrected chi connectivity index (χ3v) is 2.69. The van der Waals surface area contributed by atoms with Crippen LogP contribution in [0.15, 0.2) is 22.7 Å². The summed E-state index contributed by atoms with van der Waals surface area (Å²) in [4.78, 5) is 22.5. The predicted octanol–water partition coefficient (Wildman–Crippen LogP) is 0.633. The number of carboxylic acids is 1. The zero-order valence-corrected chi connectivity index (χ0v) is 11.1. The van der Waals surface area contributed by atoms with E-state index in [2.05, 4.69) is 21.2 Å².